The number of rotatable bonds is 11. The van der Waals surface area contributed by atoms with Gasteiger partial charge in [0, 0.05) is 13.0 Å². The molecule has 1 N–H and O–H groups in total. The van der Waals surface area contributed by atoms with Gasteiger partial charge in [0.1, 0.15) is 0 Å². The molecule has 0 aromatic carbocycles. The Kier molecular flexibility index (Phi) is 12.2. The van der Waals surface area contributed by atoms with Gasteiger partial charge in [-0.15, -0.1) is 0 Å². The molecule has 0 aromatic rings. The SMILES string of the molecule is CCCCSCC(=O)NCCCCCC(=O)OC. The molecule has 5 heteroatoms. The molecule has 0 spiro atoms. The van der Waals surface area contributed by atoms with Crippen LogP contribution in [0.25, 0.3) is 0 Å². The Labute approximate surface area is 114 Å². The zero-order valence-corrected chi connectivity index (χ0v) is 12.3. The third kappa shape index (κ3) is 11.8. The van der Waals surface area contributed by atoms with E-state index in [1.54, 1.807) is 11.8 Å². The molecule has 0 saturated heterocycles. The molecule has 0 aliphatic heterocycles. The van der Waals surface area contributed by atoms with E-state index >= 15 is 0 Å². The molecule has 0 aromatic heterocycles. The van der Waals surface area contributed by atoms with Crippen LogP contribution in [0.1, 0.15) is 45.4 Å². The van der Waals surface area contributed by atoms with E-state index in [-0.39, 0.29) is 11.9 Å². The molecule has 0 aliphatic carbocycles. The standard InChI is InChI=1S/C13H25NO3S/c1-3-4-10-18-11-12(15)14-9-7-5-6-8-13(16)17-2/h3-11H2,1-2H3,(H,14,15). The van der Waals surface area contributed by atoms with Crippen molar-refractivity contribution in [3.05, 3.63) is 0 Å². The average molecular weight is 275 g/mol. The fraction of sp³-hybridized carbons (Fsp3) is 0.846. The maximum absolute atomic E-state index is 11.4. The molecule has 0 rings (SSSR count). The van der Waals surface area contributed by atoms with Gasteiger partial charge in [0.15, 0.2) is 0 Å². The fourth-order valence-electron chi connectivity index (χ4n) is 1.36. The molecule has 106 valence electrons. The topological polar surface area (TPSA) is 55.4 Å². The molecule has 1 amide bonds. The quantitative estimate of drug-likeness (QED) is 0.464. The number of amides is 1. The van der Waals surface area contributed by atoms with Crippen molar-refractivity contribution in [1.82, 2.24) is 5.32 Å². The molecule has 0 unspecified atom stereocenters. The smallest absolute Gasteiger partial charge is 0.305 e. The average Bonchev–Trinajstić information content (AvgIpc) is 2.38. The lowest BCUT2D eigenvalue weighted by Gasteiger charge is -2.04. The van der Waals surface area contributed by atoms with Gasteiger partial charge < -0.3 is 10.1 Å². The van der Waals surface area contributed by atoms with Crippen molar-refractivity contribution in [1.29, 1.82) is 0 Å². The zero-order chi connectivity index (χ0) is 13.6. The number of hydrogen-bond acceptors (Lipinski definition) is 4. The highest BCUT2D eigenvalue weighted by atomic mass is 32.2. The molecular formula is C13H25NO3S. The summed E-state index contributed by atoms with van der Waals surface area (Å²) in [5.41, 5.74) is 0. The van der Waals surface area contributed by atoms with Crippen LogP contribution in [0.4, 0.5) is 0 Å². The largest absolute Gasteiger partial charge is 0.469 e. The summed E-state index contributed by atoms with van der Waals surface area (Å²) < 4.78 is 4.55. The second kappa shape index (κ2) is 12.7. The van der Waals surface area contributed by atoms with Crippen molar-refractivity contribution >= 4 is 23.6 Å². The van der Waals surface area contributed by atoms with E-state index in [4.69, 9.17) is 0 Å². The lowest BCUT2D eigenvalue weighted by atomic mass is 10.2. The number of carbonyl (C=O) groups excluding carboxylic acids is 2. The van der Waals surface area contributed by atoms with Crippen molar-refractivity contribution in [2.45, 2.75) is 45.4 Å². The first-order chi connectivity index (χ1) is 8.70. The second-order valence-electron chi connectivity index (χ2n) is 4.14. The molecule has 0 atom stereocenters. The van der Waals surface area contributed by atoms with Gasteiger partial charge in [0.25, 0.3) is 0 Å². The van der Waals surface area contributed by atoms with E-state index in [9.17, 15) is 9.59 Å². The summed E-state index contributed by atoms with van der Waals surface area (Å²) in [7, 11) is 1.40. The minimum absolute atomic E-state index is 0.115. The van der Waals surface area contributed by atoms with Gasteiger partial charge in [0.2, 0.25) is 5.91 Å². The third-order valence-electron chi connectivity index (χ3n) is 2.48. The maximum Gasteiger partial charge on any atom is 0.305 e. The van der Waals surface area contributed by atoms with Gasteiger partial charge in [0.05, 0.1) is 12.9 Å². The summed E-state index contributed by atoms with van der Waals surface area (Å²) in [6.45, 7) is 2.85. The Bertz CT molecular complexity index is 234. The molecule has 0 aliphatic rings. The summed E-state index contributed by atoms with van der Waals surface area (Å²) in [5.74, 6) is 1.57. The summed E-state index contributed by atoms with van der Waals surface area (Å²) in [6, 6.07) is 0. The Balaban J connectivity index is 3.22. The monoisotopic (exact) mass is 275 g/mol. The van der Waals surface area contributed by atoms with Crippen molar-refractivity contribution in [3.63, 3.8) is 0 Å². The minimum atomic E-state index is -0.161. The number of hydrogen-bond donors (Lipinski definition) is 1. The minimum Gasteiger partial charge on any atom is -0.469 e. The molecule has 18 heavy (non-hydrogen) atoms. The van der Waals surface area contributed by atoms with Crippen LogP contribution in [0.3, 0.4) is 0 Å². The highest BCUT2D eigenvalue weighted by molar-refractivity contribution is 7.99. The van der Waals surface area contributed by atoms with E-state index in [1.165, 1.54) is 20.0 Å². The van der Waals surface area contributed by atoms with Crippen molar-refractivity contribution in [2.24, 2.45) is 0 Å². The van der Waals surface area contributed by atoms with Crippen molar-refractivity contribution in [2.75, 3.05) is 25.2 Å². The molecule has 0 fully saturated rings. The van der Waals surface area contributed by atoms with Crippen LogP contribution < -0.4 is 5.32 Å². The van der Waals surface area contributed by atoms with E-state index < -0.39 is 0 Å². The summed E-state index contributed by atoms with van der Waals surface area (Å²) in [5, 5.41) is 2.89. The third-order valence-corrected chi connectivity index (χ3v) is 3.53. The molecule has 0 heterocycles. The molecule has 0 saturated carbocycles. The van der Waals surface area contributed by atoms with Gasteiger partial charge in [-0.3, -0.25) is 9.59 Å². The molecular weight excluding hydrogens is 250 g/mol. The van der Waals surface area contributed by atoms with E-state index in [0.717, 1.165) is 25.0 Å². The normalized spacial score (nSPS) is 10.1. The van der Waals surface area contributed by atoms with Gasteiger partial charge in [-0.05, 0) is 25.0 Å². The maximum atomic E-state index is 11.4. The number of thioether (sulfide) groups is 1. The first kappa shape index (κ1) is 17.3. The van der Waals surface area contributed by atoms with Crippen LogP contribution in [0, 0.1) is 0 Å². The lowest BCUT2D eigenvalue weighted by molar-refractivity contribution is -0.140. The number of carbonyl (C=O) groups is 2. The Hall–Kier alpha value is -0.710. The summed E-state index contributed by atoms with van der Waals surface area (Å²) in [6.07, 6.45) is 5.51. The summed E-state index contributed by atoms with van der Waals surface area (Å²) in [4.78, 5) is 22.2. The van der Waals surface area contributed by atoms with Crippen LogP contribution in [-0.4, -0.2) is 37.0 Å². The predicted molar refractivity (Wildman–Crippen MR) is 75.7 cm³/mol. The highest BCUT2D eigenvalue weighted by Crippen LogP contribution is 2.04. The number of unbranched alkanes of at least 4 members (excludes halogenated alkanes) is 3. The van der Waals surface area contributed by atoms with Crippen molar-refractivity contribution in [3.8, 4) is 0 Å². The van der Waals surface area contributed by atoms with Gasteiger partial charge in [-0.2, -0.15) is 11.8 Å². The van der Waals surface area contributed by atoms with Gasteiger partial charge in [-0.1, -0.05) is 19.8 Å². The Morgan fingerprint density at radius 2 is 1.94 bits per heavy atom. The van der Waals surface area contributed by atoms with Crippen LogP contribution in [-0.2, 0) is 14.3 Å². The Morgan fingerprint density at radius 3 is 2.61 bits per heavy atom. The van der Waals surface area contributed by atoms with Gasteiger partial charge in [-0.25, -0.2) is 0 Å². The van der Waals surface area contributed by atoms with E-state index in [0.29, 0.717) is 18.7 Å². The second-order valence-corrected chi connectivity index (χ2v) is 5.25. The van der Waals surface area contributed by atoms with E-state index in [1.807, 2.05) is 0 Å². The molecule has 0 bridgehead atoms. The van der Waals surface area contributed by atoms with Crippen LogP contribution in [0.5, 0.6) is 0 Å². The predicted octanol–water partition coefficient (Wildman–Crippen LogP) is 2.37. The summed E-state index contributed by atoms with van der Waals surface area (Å²) >= 11 is 1.69. The number of nitrogens with one attached hydrogen (secondary N) is 1. The van der Waals surface area contributed by atoms with Crippen molar-refractivity contribution < 1.29 is 14.3 Å². The van der Waals surface area contributed by atoms with Gasteiger partial charge >= 0.3 is 5.97 Å². The fourth-order valence-corrected chi connectivity index (χ4v) is 2.29. The van der Waals surface area contributed by atoms with Crippen LogP contribution >= 0.6 is 11.8 Å². The Morgan fingerprint density at radius 1 is 1.17 bits per heavy atom. The van der Waals surface area contributed by atoms with Crippen LogP contribution in [0.15, 0.2) is 0 Å². The van der Waals surface area contributed by atoms with E-state index in [2.05, 4.69) is 17.0 Å². The van der Waals surface area contributed by atoms with Crippen LogP contribution in [0.2, 0.25) is 0 Å². The molecule has 0 radical (unpaired) electrons. The number of methoxy groups -OCH3 is 1. The lowest BCUT2D eigenvalue weighted by Crippen LogP contribution is -2.26. The first-order valence-electron chi connectivity index (χ1n) is 6.62. The first-order valence-corrected chi connectivity index (χ1v) is 7.77. The number of ether oxygens (including phenoxy) is 1. The highest BCUT2D eigenvalue weighted by Gasteiger charge is 2.01. The zero-order valence-electron chi connectivity index (χ0n) is 11.5. The number of esters is 1. The molecule has 4 nitrogen and oxygen atoms in total.